The van der Waals surface area contributed by atoms with Crippen molar-refractivity contribution in [2.75, 3.05) is 19.8 Å². The zero-order valence-electron chi connectivity index (χ0n) is 7.61. The van der Waals surface area contributed by atoms with Gasteiger partial charge in [0.05, 0.1) is 5.54 Å². The molecule has 1 unspecified atom stereocenters. The fourth-order valence-electron chi connectivity index (χ4n) is 2.26. The molecule has 4 heteroatoms. The Bertz CT molecular complexity index is 182. The molecular weight excluding hydrogens is 176 g/mol. The van der Waals surface area contributed by atoms with E-state index in [-0.39, 0.29) is 0 Å². The molecule has 2 fully saturated rings. The molecule has 2 nitrogen and oxygen atoms in total. The highest BCUT2D eigenvalue weighted by Crippen LogP contribution is 2.40. The minimum absolute atomic E-state index is 0.417. The zero-order chi connectivity index (χ0) is 9.36. The van der Waals surface area contributed by atoms with Crippen LogP contribution in [0.4, 0.5) is 8.78 Å². The largest absolute Gasteiger partial charge is 0.375 e. The van der Waals surface area contributed by atoms with E-state index in [1.54, 1.807) is 0 Å². The van der Waals surface area contributed by atoms with Crippen molar-refractivity contribution in [2.45, 2.75) is 37.1 Å². The number of ether oxygens (including phenoxy) is 1. The minimum atomic E-state index is -2.69. The molecule has 1 atom stereocenters. The molecule has 2 saturated heterocycles. The fourth-order valence-corrected chi connectivity index (χ4v) is 2.26. The van der Waals surface area contributed by atoms with Gasteiger partial charge in [-0.05, 0) is 25.8 Å². The molecule has 0 aromatic rings. The van der Waals surface area contributed by atoms with Crippen molar-refractivity contribution in [3.63, 3.8) is 0 Å². The Kier molecular flexibility index (Phi) is 2.28. The van der Waals surface area contributed by atoms with Crippen LogP contribution in [0.1, 0.15) is 25.7 Å². The third kappa shape index (κ3) is 1.46. The van der Waals surface area contributed by atoms with Crippen LogP contribution in [0.25, 0.3) is 0 Å². The summed E-state index contributed by atoms with van der Waals surface area (Å²) >= 11 is 0. The molecule has 2 aliphatic rings. The summed E-state index contributed by atoms with van der Waals surface area (Å²) in [5, 5.41) is 2.99. The van der Waals surface area contributed by atoms with E-state index in [0.29, 0.717) is 19.4 Å². The number of alkyl halides is 2. The van der Waals surface area contributed by atoms with Crippen LogP contribution < -0.4 is 5.32 Å². The lowest BCUT2D eigenvalue weighted by Gasteiger charge is -2.46. The fraction of sp³-hybridized carbons (Fsp3) is 1.00. The number of hydrogen-bond acceptors (Lipinski definition) is 2. The third-order valence-corrected chi connectivity index (χ3v) is 3.15. The monoisotopic (exact) mass is 191 g/mol. The Morgan fingerprint density at radius 3 is 2.62 bits per heavy atom. The Hall–Kier alpha value is -0.220. The van der Waals surface area contributed by atoms with Crippen molar-refractivity contribution in [3.05, 3.63) is 0 Å². The summed E-state index contributed by atoms with van der Waals surface area (Å²) in [7, 11) is 0. The van der Waals surface area contributed by atoms with Crippen LogP contribution in [0.5, 0.6) is 0 Å². The Morgan fingerprint density at radius 1 is 1.15 bits per heavy atom. The van der Waals surface area contributed by atoms with Crippen molar-refractivity contribution in [2.24, 2.45) is 0 Å². The molecule has 2 heterocycles. The number of piperidine rings is 1. The maximum absolute atomic E-state index is 13.6. The van der Waals surface area contributed by atoms with Crippen molar-refractivity contribution >= 4 is 0 Å². The van der Waals surface area contributed by atoms with Gasteiger partial charge in [-0.25, -0.2) is 8.78 Å². The summed E-state index contributed by atoms with van der Waals surface area (Å²) in [6.07, 6.45) is 2.95. The van der Waals surface area contributed by atoms with Crippen LogP contribution >= 0.6 is 0 Å². The standard InChI is InChI=1S/C9H15F2NO/c10-9(11)7-13-6-4-8(9)3-1-2-5-12-8/h12H,1-7H2. The molecule has 76 valence electrons. The number of nitrogens with one attached hydrogen (secondary N) is 1. The summed E-state index contributed by atoms with van der Waals surface area (Å²) in [5.74, 6) is -2.69. The molecule has 0 radical (unpaired) electrons. The second-order valence-electron chi connectivity index (χ2n) is 3.97. The van der Waals surface area contributed by atoms with Gasteiger partial charge in [0.2, 0.25) is 0 Å². The highest BCUT2D eigenvalue weighted by molar-refractivity contribution is 5.03. The molecule has 2 rings (SSSR count). The summed E-state index contributed by atoms with van der Waals surface area (Å²) < 4.78 is 31.9. The van der Waals surface area contributed by atoms with E-state index in [9.17, 15) is 8.78 Å². The van der Waals surface area contributed by atoms with Gasteiger partial charge in [-0.3, -0.25) is 0 Å². The third-order valence-electron chi connectivity index (χ3n) is 3.15. The summed E-state index contributed by atoms with van der Waals surface area (Å²) in [4.78, 5) is 0. The normalized spacial score (nSPS) is 39.2. The quantitative estimate of drug-likeness (QED) is 0.627. The molecule has 0 saturated carbocycles. The van der Waals surface area contributed by atoms with Crippen LogP contribution in [-0.4, -0.2) is 31.2 Å². The highest BCUT2D eigenvalue weighted by atomic mass is 19.3. The number of halogens is 2. The smallest absolute Gasteiger partial charge is 0.288 e. The molecule has 0 amide bonds. The molecule has 0 bridgehead atoms. The molecule has 0 aromatic heterocycles. The van der Waals surface area contributed by atoms with E-state index in [2.05, 4.69) is 5.32 Å². The Labute approximate surface area is 76.6 Å². The molecule has 1 N–H and O–H groups in total. The summed E-state index contributed by atoms with van der Waals surface area (Å²) in [6, 6.07) is 0. The number of rotatable bonds is 0. The zero-order valence-corrected chi connectivity index (χ0v) is 7.61. The maximum Gasteiger partial charge on any atom is 0.288 e. The lowest BCUT2D eigenvalue weighted by molar-refractivity contribution is -0.183. The van der Waals surface area contributed by atoms with Crippen LogP contribution in [-0.2, 0) is 4.74 Å². The van der Waals surface area contributed by atoms with Gasteiger partial charge in [0.15, 0.2) is 0 Å². The first-order valence-corrected chi connectivity index (χ1v) is 4.87. The predicted molar refractivity (Wildman–Crippen MR) is 45.0 cm³/mol. The molecule has 13 heavy (non-hydrogen) atoms. The van der Waals surface area contributed by atoms with E-state index in [1.807, 2.05) is 0 Å². The molecule has 2 aliphatic heterocycles. The van der Waals surface area contributed by atoms with Crippen molar-refractivity contribution in [3.8, 4) is 0 Å². The first kappa shape index (κ1) is 9.34. The van der Waals surface area contributed by atoms with Crippen molar-refractivity contribution < 1.29 is 13.5 Å². The van der Waals surface area contributed by atoms with Gasteiger partial charge in [-0.2, -0.15) is 0 Å². The van der Waals surface area contributed by atoms with Crippen LogP contribution in [0.3, 0.4) is 0 Å². The lowest BCUT2D eigenvalue weighted by Crippen LogP contribution is -2.65. The summed E-state index contributed by atoms with van der Waals surface area (Å²) in [5.41, 5.74) is -0.955. The predicted octanol–water partition coefficient (Wildman–Crippen LogP) is 1.55. The van der Waals surface area contributed by atoms with Crippen LogP contribution in [0, 0.1) is 0 Å². The molecule has 0 aliphatic carbocycles. The van der Waals surface area contributed by atoms with Gasteiger partial charge in [-0.1, -0.05) is 6.42 Å². The Balaban J connectivity index is 2.16. The van der Waals surface area contributed by atoms with Gasteiger partial charge in [0, 0.05) is 6.61 Å². The van der Waals surface area contributed by atoms with E-state index >= 15 is 0 Å². The van der Waals surface area contributed by atoms with Gasteiger partial charge in [0.25, 0.3) is 5.92 Å². The highest BCUT2D eigenvalue weighted by Gasteiger charge is 2.55. The van der Waals surface area contributed by atoms with Gasteiger partial charge < -0.3 is 10.1 Å². The van der Waals surface area contributed by atoms with E-state index in [1.165, 1.54) is 0 Å². The SMILES string of the molecule is FC1(F)COCCC12CCCCN2. The van der Waals surface area contributed by atoms with Gasteiger partial charge >= 0.3 is 0 Å². The average Bonchev–Trinajstić information content (AvgIpc) is 2.12. The van der Waals surface area contributed by atoms with Crippen molar-refractivity contribution in [1.82, 2.24) is 5.32 Å². The average molecular weight is 191 g/mol. The van der Waals surface area contributed by atoms with Crippen LogP contribution in [0.15, 0.2) is 0 Å². The lowest BCUT2D eigenvalue weighted by atomic mass is 9.79. The summed E-state index contributed by atoms with van der Waals surface area (Å²) in [6.45, 7) is 0.762. The van der Waals surface area contributed by atoms with Gasteiger partial charge in [0.1, 0.15) is 6.61 Å². The first-order valence-electron chi connectivity index (χ1n) is 4.87. The van der Waals surface area contributed by atoms with E-state index < -0.39 is 18.1 Å². The topological polar surface area (TPSA) is 21.3 Å². The van der Waals surface area contributed by atoms with E-state index in [4.69, 9.17) is 4.74 Å². The molecule has 0 aromatic carbocycles. The number of hydrogen-bond donors (Lipinski definition) is 1. The van der Waals surface area contributed by atoms with E-state index in [0.717, 1.165) is 19.4 Å². The second kappa shape index (κ2) is 3.17. The molecule has 1 spiro atoms. The van der Waals surface area contributed by atoms with Crippen LogP contribution in [0.2, 0.25) is 0 Å². The first-order chi connectivity index (χ1) is 6.16. The Morgan fingerprint density at radius 2 is 2.00 bits per heavy atom. The second-order valence-corrected chi connectivity index (χ2v) is 3.97. The van der Waals surface area contributed by atoms with Crippen molar-refractivity contribution in [1.29, 1.82) is 0 Å². The maximum atomic E-state index is 13.6. The minimum Gasteiger partial charge on any atom is -0.375 e. The molecular formula is C9H15F2NO. The van der Waals surface area contributed by atoms with Gasteiger partial charge in [-0.15, -0.1) is 0 Å².